The van der Waals surface area contributed by atoms with Gasteiger partial charge in [-0.3, -0.25) is 9.89 Å². The van der Waals surface area contributed by atoms with E-state index >= 15 is 0 Å². The van der Waals surface area contributed by atoms with Gasteiger partial charge in [-0.1, -0.05) is 6.92 Å². The van der Waals surface area contributed by atoms with Gasteiger partial charge in [0, 0.05) is 12.2 Å². The third kappa shape index (κ3) is 2.34. The van der Waals surface area contributed by atoms with Crippen LogP contribution in [0.25, 0.3) is 0 Å². The number of carboxylic acids is 1. The molecular formula is C13H19N3O3. The highest BCUT2D eigenvalue weighted by atomic mass is 16.4. The van der Waals surface area contributed by atoms with E-state index in [4.69, 9.17) is 0 Å². The monoisotopic (exact) mass is 265 g/mol. The average Bonchev–Trinajstić information content (AvgIpc) is 2.67. The molecule has 2 atom stereocenters. The minimum atomic E-state index is -0.931. The van der Waals surface area contributed by atoms with Gasteiger partial charge in [0.05, 0.1) is 11.3 Å². The molecule has 1 saturated heterocycles. The van der Waals surface area contributed by atoms with Crippen molar-refractivity contribution < 1.29 is 14.7 Å². The van der Waals surface area contributed by atoms with E-state index in [0.29, 0.717) is 23.5 Å². The molecule has 6 nitrogen and oxygen atoms in total. The minimum Gasteiger partial charge on any atom is -0.480 e. The van der Waals surface area contributed by atoms with Crippen LogP contribution in [0.2, 0.25) is 0 Å². The van der Waals surface area contributed by atoms with E-state index in [9.17, 15) is 14.7 Å². The number of carboxylic acid groups (broad SMARTS) is 1. The maximum atomic E-state index is 12.6. The van der Waals surface area contributed by atoms with E-state index in [0.717, 1.165) is 12.8 Å². The lowest BCUT2D eigenvalue weighted by atomic mass is 9.90. The number of likely N-dealkylation sites (tertiary alicyclic amines) is 1. The second-order valence-electron chi connectivity index (χ2n) is 5.21. The first-order valence-electron chi connectivity index (χ1n) is 6.48. The van der Waals surface area contributed by atoms with Crippen molar-refractivity contribution in [3.8, 4) is 0 Å². The molecule has 1 aliphatic rings. The number of H-pyrrole nitrogens is 1. The Morgan fingerprint density at radius 3 is 2.63 bits per heavy atom. The van der Waals surface area contributed by atoms with E-state index < -0.39 is 12.0 Å². The van der Waals surface area contributed by atoms with Crippen molar-refractivity contribution in [3.05, 3.63) is 17.0 Å². The van der Waals surface area contributed by atoms with Gasteiger partial charge in [0.15, 0.2) is 0 Å². The molecule has 2 rings (SSSR count). The summed E-state index contributed by atoms with van der Waals surface area (Å²) in [5.74, 6) is -1.19. The zero-order valence-corrected chi connectivity index (χ0v) is 11.4. The molecule has 1 aromatic rings. The summed E-state index contributed by atoms with van der Waals surface area (Å²) in [5.41, 5.74) is 1.80. The Labute approximate surface area is 111 Å². The van der Waals surface area contributed by atoms with Crippen LogP contribution in [-0.2, 0) is 4.79 Å². The summed E-state index contributed by atoms with van der Waals surface area (Å²) in [5, 5.41) is 16.1. The Hall–Kier alpha value is -1.85. The van der Waals surface area contributed by atoms with Gasteiger partial charge in [0.1, 0.15) is 6.04 Å². The predicted octanol–water partition coefficient (Wildman–Crippen LogP) is 1.35. The molecule has 1 fully saturated rings. The maximum absolute atomic E-state index is 12.6. The van der Waals surface area contributed by atoms with Crippen molar-refractivity contribution >= 4 is 11.9 Å². The third-order valence-corrected chi connectivity index (χ3v) is 3.79. The van der Waals surface area contributed by atoms with E-state index in [1.54, 1.807) is 13.8 Å². The van der Waals surface area contributed by atoms with Crippen molar-refractivity contribution in [2.75, 3.05) is 6.54 Å². The van der Waals surface area contributed by atoms with Crippen LogP contribution in [0.3, 0.4) is 0 Å². The highest BCUT2D eigenvalue weighted by molar-refractivity contribution is 5.98. The summed E-state index contributed by atoms with van der Waals surface area (Å²) in [6, 6.07) is -0.741. The molecule has 1 amide bonds. The minimum absolute atomic E-state index is 0.0253. The Morgan fingerprint density at radius 2 is 2.11 bits per heavy atom. The van der Waals surface area contributed by atoms with Gasteiger partial charge in [-0.25, -0.2) is 4.79 Å². The van der Waals surface area contributed by atoms with E-state index in [2.05, 4.69) is 10.2 Å². The summed E-state index contributed by atoms with van der Waals surface area (Å²) in [4.78, 5) is 25.4. The number of aromatic nitrogens is 2. The van der Waals surface area contributed by atoms with Crippen LogP contribution in [0.1, 0.15) is 41.5 Å². The Morgan fingerprint density at radius 1 is 1.42 bits per heavy atom. The lowest BCUT2D eigenvalue weighted by molar-refractivity contribution is -0.145. The molecule has 2 heterocycles. The molecule has 0 radical (unpaired) electrons. The molecule has 2 unspecified atom stereocenters. The van der Waals surface area contributed by atoms with Crippen LogP contribution in [0.5, 0.6) is 0 Å². The number of nitrogens with zero attached hydrogens (tertiary/aromatic N) is 2. The van der Waals surface area contributed by atoms with Crippen molar-refractivity contribution in [2.24, 2.45) is 5.92 Å². The van der Waals surface area contributed by atoms with Gasteiger partial charge in [-0.2, -0.15) is 5.10 Å². The molecule has 0 bridgehead atoms. The topological polar surface area (TPSA) is 86.3 Å². The van der Waals surface area contributed by atoms with Crippen LogP contribution in [0, 0.1) is 19.8 Å². The summed E-state index contributed by atoms with van der Waals surface area (Å²) >= 11 is 0. The molecule has 0 aliphatic carbocycles. The normalized spacial score (nSPS) is 23.4. The summed E-state index contributed by atoms with van der Waals surface area (Å²) < 4.78 is 0. The summed E-state index contributed by atoms with van der Waals surface area (Å²) in [6.45, 7) is 5.90. The standard InChI is InChI=1S/C13H19N3O3/c1-7-5-4-6-16(11(7)13(18)19)12(17)10-8(2)14-15-9(10)3/h7,11H,4-6H2,1-3H3,(H,14,15)(H,18,19). The third-order valence-electron chi connectivity index (χ3n) is 3.79. The number of hydrogen-bond donors (Lipinski definition) is 2. The molecule has 2 N–H and O–H groups in total. The van der Waals surface area contributed by atoms with Crippen LogP contribution >= 0.6 is 0 Å². The molecule has 0 aromatic carbocycles. The molecule has 1 aliphatic heterocycles. The van der Waals surface area contributed by atoms with Crippen LogP contribution in [-0.4, -0.2) is 44.7 Å². The number of aryl methyl sites for hydroxylation is 2. The number of aliphatic carboxylic acids is 1. The number of carbonyl (C=O) groups excluding carboxylic acids is 1. The molecule has 0 spiro atoms. The Balaban J connectivity index is 2.34. The highest BCUT2D eigenvalue weighted by Crippen LogP contribution is 2.26. The number of piperidine rings is 1. The first-order valence-corrected chi connectivity index (χ1v) is 6.48. The Kier molecular flexibility index (Phi) is 3.59. The number of carbonyl (C=O) groups is 2. The smallest absolute Gasteiger partial charge is 0.326 e. The van der Waals surface area contributed by atoms with Gasteiger partial charge in [0.25, 0.3) is 5.91 Å². The molecule has 1 aromatic heterocycles. The van der Waals surface area contributed by atoms with Gasteiger partial charge >= 0.3 is 5.97 Å². The maximum Gasteiger partial charge on any atom is 0.326 e. The molecule has 104 valence electrons. The fourth-order valence-electron chi connectivity index (χ4n) is 2.80. The number of amides is 1. The van der Waals surface area contributed by atoms with Crippen molar-refractivity contribution in [1.82, 2.24) is 15.1 Å². The second-order valence-corrected chi connectivity index (χ2v) is 5.21. The van der Waals surface area contributed by atoms with Crippen molar-refractivity contribution in [1.29, 1.82) is 0 Å². The second kappa shape index (κ2) is 5.03. The van der Waals surface area contributed by atoms with Gasteiger partial charge in [0.2, 0.25) is 0 Å². The summed E-state index contributed by atoms with van der Waals surface area (Å²) in [6.07, 6.45) is 1.68. The largest absolute Gasteiger partial charge is 0.480 e. The van der Waals surface area contributed by atoms with Gasteiger partial charge in [-0.15, -0.1) is 0 Å². The van der Waals surface area contributed by atoms with E-state index in [1.807, 2.05) is 6.92 Å². The quantitative estimate of drug-likeness (QED) is 0.845. The molecule has 0 saturated carbocycles. The lowest BCUT2D eigenvalue weighted by Gasteiger charge is -2.37. The molecule has 6 heteroatoms. The van der Waals surface area contributed by atoms with Crippen molar-refractivity contribution in [2.45, 2.75) is 39.7 Å². The number of rotatable bonds is 2. The number of aromatic amines is 1. The fraction of sp³-hybridized carbons (Fsp3) is 0.615. The van der Waals surface area contributed by atoms with Crippen LogP contribution < -0.4 is 0 Å². The number of hydrogen-bond acceptors (Lipinski definition) is 3. The lowest BCUT2D eigenvalue weighted by Crippen LogP contribution is -2.52. The first-order chi connectivity index (χ1) is 8.93. The zero-order chi connectivity index (χ0) is 14.2. The van der Waals surface area contributed by atoms with Crippen molar-refractivity contribution in [3.63, 3.8) is 0 Å². The average molecular weight is 265 g/mol. The first kappa shape index (κ1) is 13.6. The Bertz CT molecular complexity index is 490. The van der Waals surface area contributed by atoms with Gasteiger partial charge in [-0.05, 0) is 32.6 Å². The van der Waals surface area contributed by atoms with Gasteiger partial charge < -0.3 is 10.0 Å². The van der Waals surface area contributed by atoms with Crippen LogP contribution in [0.15, 0.2) is 0 Å². The van der Waals surface area contributed by atoms with E-state index in [-0.39, 0.29) is 11.8 Å². The highest BCUT2D eigenvalue weighted by Gasteiger charge is 2.38. The fourth-order valence-corrected chi connectivity index (χ4v) is 2.80. The molecule has 19 heavy (non-hydrogen) atoms. The van der Waals surface area contributed by atoms with Crippen LogP contribution in [0.4, 0.5) is 0 Å². The SMILES string of the molecule is Cc1n[nH]c(C)c1C(=O)N1CCCC(C)C1C(=O)O. The molecular weight excluding hydrogens is 246 g/mol. The summed E-state index contributed by atoms with van der Waals surface area (Å²) in [7, 11) is 0. The predicted molar refractivity (Wildman–Crippen MR) is 68.9 cm³/mol. The number of nitrogens with one attached hydrogen (secondary N) is 1. The van der Waals surface area contributed by atoms with E-state index in [1.165, 1.54) is 4.90 Å². The zero-order valence-electron chi connectivity index (χ0n) is 11.4.